The molecule has 1 aliphatic heterocycles. The van der Waals surface area contributed by atoms with Crippen LogP contribution in [0.25, 0.3) is 11.7 Å². The van der Waals surface area contributed by atoms with Gasteiger partial charge in [0.1, 0.15) is 22.4 Å². The summed E-state index contributed by atoms with van der Waals surface area (Å²) < 4.78 is 27.9. The maximum Gasteiger partial charge on any atom is 0.267 e. The predicted molar refractivity (Wildman–Crippen MR) is 147 cm³/mol. The van der Waals surface area contributed by atoms with E-state index in [1.165, 1.54) is 28.2 Å². The Labute approximate surface area is 221 Å². The number of allylic oxidation sites excluding steroid dienone is 1. The second-order valence-electron chi connectivity index (χ2n) is 9.22. The number of benzene rings is 2. The number of piperazine rings is 1. The normalized spacial score (nSPS) is 14.9. The Morgan fingerprint density at radius 2 is 1.63 bits per heavy atom. The fourth-order valence-electron chi connectivity index (χ4n) is 4.65. The molecular weight excluding hydrogens is 498 g/mol. The average molecular weight is 526 g/mol. The number of rotatable bonds is 6. The lowest BCUT2D eigenvalue weighted by Crippen LogP contribution is -2.47. The molecule has 2 aromatic heterocycles. The van der Waals surface area contributed by atoms with Crippen molar-refractivity contribution in [2.45, 2.75) is 18.4 Å². The van der Waals surface area contributed by atoms with E-state index in [2.05, 4.69) is 17.0 Å². The number of hydrogen-bond acceptors (Lipinski definition) is 7. The van der Waals surface area contributed by atoms with Gasteiger partial charge in [-0.25, -0.2) is 13.4 Å². The maximum absolute atomic E-state index is 13.7. The molecule has 9 heteroatoms. The van der Waals surface area contributed by atoms with E-state index in [9.17, 15) is 18.5 Å². The Balaban J connectivity index is 1.56. The Morgan fingerprint density at radius 1 is 0.974 bits per heavy atom. The number of pyridine rings is 1. The molecule has 1 aliphatic rings. The molecule has 38 heavy (non-hydrogen) atoms. The van der Waals surface area contributed by atoms with Crippen LogP contribution in [0.5, 0.6) is 0 Å². The van der Waals surface area contributed by atoms with Gasteiger partial charge < -0.3 is 4.90 Å². The minimum Gasteiger partial charge on any atom is -0.353 e. The molecule has 0 spiro atoms. The van der Waals surface area contributed by atoms with Gasteiger partial charge in [-0.3, -0.25) is 14.1 Å². The van der Waals surface area contributed by atoms with Gasteiger partial charge in [0.25, 0.3) is 5.56 Å². The standard InChI is InChI=1S/C29H27N5O3S/c1-22-9-8-14-34-27(22)31-28(33-17-15-32(16-18-33)21-23-10-4-2-5-11-23)26(29(34)35)19-25(20-30)38(36,37)24-12-6-3-7-13-24/h2-14,19H,15-18,21H2,1H3. The van der Waals surface area contributed by atoms with Gasteiger partial charge in [0, 0.05) is 38.9 Å². The number of hydrogen-bond donors (Lipinski definition) is 0. The van der Waals surface area contributed by atoms with Crippen LogP contribution in [0.2, 0.25) is 0 Å². The lowest BCUT2D eigenvalue weighted by Gasteiger charge is -2.36. The number of fused-ring (bicyclic) bond motifs is 1. The summed E-state index contributed by atoms with van der Waals surface area (Å²) in [7, 11) is -4.12. The summed E-state index contributed by atoms with van der Waals surface area (Å²) >= 11 is 0. The van der Waals surface area contributed by atoms with Crippen molar-refractivity contribution in [1.82, 2.24) is 14.3 Å². The summed E-state index contributed by atoms with van der Waals surface area (Å²) in [5.74, 6) is 0.389. The van der Waals surface area contributed by atoms with Gasteiger partial charge in [-0.1, -0.05) is 54.6 Å². The van der Waals surface area contributed by atoms with Crippen LogP contribution in [0.4, 0.5) is 5.82 Å². The third-order valence-electron chi connectivity index (χ3n) is 6.71. The fourth-order valence-corrected chi connectivity index (χ4v) is 5.82. The number of nitriles is 1. The van der Waals surface area contributed by atoms with Crippen LogP contribution in [-0.2, 0) is 16.4 Å². The molecule has 0 saturated carbocycles. The minimum absolute atomic E-state index is 0.00595. The van der Waals surface area contributed by atoms with Crippen LogP contribution in [-0.4, -0.2) is 48.9 Å². The van der Waals surface area contributed by atoms with Crippen molar-refractivity contribution in [2.75, 3.05) is 31.1 Å². The first kappa shape index (κ1) is 25.4. The third-order valence-corrected chi connectivity index (χ3v) is 8.39. The molecule has 0 bridgehead atoms. The van der Waals surface area contributed by atoms with Gasteiger partial charge >= 0.3 is 0 Å². The topological polar surface area (TPSA) is 98.8 Å². The number of sulfone groups is 1. The Hall–Kier alpha value is -4.26. The molecular formula is C29H27N5O3S. The largest absolute Gasteiger partial charge is 0.353 e. The molecule has 0 unspecified atom stereocenters. The van der Waals surface area contributed by atoms with Crippen LogP contribution in [0.1, 0.15) is 16.7 Å². The van der Waals surface area contributed by atoms with E-state index < -0.39 is 20.3 Å². The fraction of sp³-hybridized carbons (Fsp3) is 0.207. The van der Waals surface area contributed by atoms with E-state index in [0.717, 1.165) is 25.2 Å². The van der Waals surface area contributed by atoms with Crippen molar-refractivity contribution in [1.29, 1.82) is 5.26 Å². The van der Waals surface area contributed by atoms with E-state index in [0.29, 0.717) is 24.6 Å². The van der Waals surface area contributed by atoms with E-state index >= 15 is 0 Å². The number of nitrogens with zero attached hydrogens (tertiary/aromatic N) is 5. The van der Waals surface area contributed by atoms with Gasteiger partial charge in [0.2, 0.25) is 9.84 Å². The zero-order valence-corrected chi connectivity index (χ0v) is 21.8. The quantitative estimate of drug-likeness (QED) is 0.354. The molecule has 2 aromatic carbocycles. The molecule has 0 amide bonds. The Kier molecular flexibility index (Phi) is 7.09. The summed E-state index contributed by atoms with van der Waals surface area (Å²) in [6.45, 7) is 5.41. The lowest BCUT2D eigenvalue weighted by molar-refractivity contribution is 0.249. The number of aryl methyl sites for hydroxylation is 1. The Bertz CT molecular complexity index is 1700. The first-order chi connectivity index (χ1) is 18.4. The van der Waals surface area contributed by atoms with Crippen molar-refractivity contribution in [3.63, 3.8) is 0 Å². The van der Waals surface area contributed by atoms with Gasteiger partial charge in [-0.05, 0) is 42.3 Å². The van der Waals surface area contributed by atoms with Crippen molar-refractivity contribution < 1.29 is 8.42 Å². The molecule has 1 fully saturated rings. The lowest BCUT2D eigenvalue weighted by atomic mass is 10.2. The summed E-state index contributed by atoms with van der Waals surface area (Å²) in [6.07, 6.45) is 2.78. The first-order valence-electron chi connectivity index (χ1n) is 12.3. The smallest absolute Gasteiger partial charge is 0.267 e. The Morgan fingerprint density at radius 3 is 2.29 bits per heavy atom. The molecule has 0 atom stereocenters. The summed E-state index contributed by atoms with van der Waals surface area (Å²) in [6, 6.07) is 23.4. The minimum atomic E-state index is -4.12. The first-order valence-corrected chi connectivity index (χ1v) is 13.8. The number of anilines is 1. The van der Waals surface area contributed by atoms with Crippen LogP contribution in [0, 0.1) is 18.3 Å². The summed E-state index contributed by atoms with van der Waals surface area (Å²) in [4.78, 5) is 22.4. The van der Waals surface area contributed by atoms with Crippen LogP contribution < -0.4 is 10.5 Å². The van der Waals surface area contributed by atoms with Crippen molar-refractivity contribution in [3.8, 4) is 6.07 Å². The molecule has 0 aliphatic carbocycles. The number of aromatic nitrogens is 2. The van der Waals surface area contributed by atoms with E-state index in [4.69, 9.17) is 4.98 Å². The summed E-state index contributed by atoms with van der Waals surface area (Å²) in [5.41, 5.74) is 2.21. The van der Waals surface area contributed by atoms with Crippen molar-refractivity contribution in [3.05, 3.63) is 111 Å². The van der Waals surface area contributed by atoms with E-state index in [-0.39, 0.29) is 10.5 Å². The highest BCUT2D eigenvalue weighted by atomic mass is 32.2. The van der Waals surface area contributed by atoms with Gasteiger partial charge in [0.05, 0.1) is 10.5 Å². The van der Waals surface area contributed by atoms with Crippen LogP contribution >= 0.6 is 0 Å². The molecule has 4 aromatic rings. The molecule has 0 N–H and O–H groups in total. The second kappa shape index (κ2) is 10.6. The maximum atomic E-state index is 13.7. The van der Waals surface area contributed by atoms with Crippen LogP contribution in [0.15, 0.2) is 93.6 Å². The zero-order chi connectivity index (χ0) is 26.7. The molecule has 1 saturated heterocycles. The zero-order valence-electron chi connectivity index (χ0n) is 21.0. The molecule has 0 radical (unpaired) electrons. The van der Waals surface area contributed by atoms with Crippen molar-refractivity contribution in [2.24, 2.45) is 0 Å². The van der Waals surface area contributed by atoms with Gasteiger partial charge in [0.15, 0.2) is 0 Å². The van der Waals surface area contributed by atoms with Crippen LogP contribution in [0.3, 0.4) is 0 Å². The van der Waals surface area contributed by atoms with Crippen molar-refractivity contribution >= 4 is 27.4 Å². The highest BCUT2D eigenvalue weighted by Gasteiger charge is 2.26. The average Bonchev–Trinajstić information content (AvgIpc) is 2.94. The second-order valence-corrected chi connectivity index (χ2v) is 11.1. The molecule has 192 valence electrons. The SMILES string of the molecule is Cc1cccn2c(=O)c(C=C(C#N)S(=O)(=O)c3ccccc3)c(N3CCN(Cc4ccccc4)CC3)nc12. The van der Waals surface area contributed by atoms with Gasteiger partial charge in [-0.15, -0.1) is 0 Å². The third kappa shape index (κ3) is 4.96. The van der Waals surface area contributed by atoms with E-state index in [1.807, 2.05) is 42.2 Å². The monoisotopic (exact) mass is 525 g/mol. The molecule has 3 heterocycles. The van der Waals surface area contributed by atoms with E-state index in [1.54, 1.807) is 30.5 Å². The molecule has 8 nitrogen and oxygen atoms in total. The molecule has 5 rings (SSSR count). The highest BCUT2D eigenvalue weighted by Crippen LogP contribution is 2.26. The summed E-state index contributed by atoms with van der Waals surface area (Å²) in [5, 5.41) is 9.86. The highest BCUT2D eigenvalue weighted by molar-refractivity contribution is 7.95. The predicted octanol–water partition coefficient (Wildman–Crippen LogP) is 3.66. The van der Waals surface area contributed by atoms with Gasteiger partial charge in [-0.2, -0.15) is 5.26 Å².